The molecule has 0 aliphatic rings. The minimum atomic E-state index is 0.367. The summed E-state index contributed by atoms with van der Waals surface area (Å²) >= 11 is 0. The van der Waals surface area contributed by atoms with E-state index in [1.165, 1.54) is 6.42 Å². The lowest BCUT2D eigenvalue weighted by molar-refractivity contribution is -0.0326. The van der Waals surface area contributed by atoms with Crippen molar-refractivity contribution in [1.82, 2.24) is 0 Å². The van der Waals surface area contributed by atoms with Crippen LogP contribution in [0.25, 0.3) is 0 Å². The van der Waals surface area contributed by atoms with Crippen LogP contribution in [0.15, 0.2) is 0 Å². The third kappa shape index (κ3) is 3.73. The molecule has 0 fully saturated rings. The molecule has 3 atom stereocenters. The second-order valence-corrected chi connectivity index (χ2v) is 8.08. The maximum atomic E-state index is 2.50. The van der Waals surface area contributed by atoms with E-state index in [-0.39, 0.29) is 0 Å². The largest absolute Gasteiger partial charge is 0.0628 e. The van der Waals surface area contributed by atoms with Gasteiger partial charge in [0.15, 0.2) is 0 Å². The van der Waals surface area contributed by atoms with E-state index < -0.39 is 0 Å². The molecule has 0 aromatic rings. The van der Waals surface area contributed by atoms with E-state index in [9.17, 15) is 0 Å². The standard InChI is InChI=1S/C17H36/c1-12(2)11-14(5)15(6)17(10,13(3)4)16(7,8)9/h12-15H,11H2,1-10H3. The van der Waals surface area contributed by atoms with Crippen LogP contribution in [0.5, 0.6) is 0 Å². The van der Waals surface area contributed by atoms with E-state index >= 15 is 0 Å². The van der Waals surface area contributed by atoms with Crippen LogP contribution in [0.3, 0.4) is 0 Å². The molecule has 3 unspecified atom stereocenters. The zero-order valence-corrected chi connectivity index (χ0v) is 14.0. The fourth-order valence-corrected chi connectivity index (χ4v) is 3.61. The molecular weight excluding hydrogens is 204 g/mol. The van der Waals surface area contributed by atoms with Crippen molar-refractivity contribution in [3.8, 4) is 0 Å². The Labute approximate surface area is 111 Å². The minimum absolute atomic E-state index is 0.367. The molecular formula is C17H36. The van der Waals surface area contributed by atoms with Crippen LogP contribution in [0, 0.1) is 34.5 Å². The number of hydrogen-bond donors (Lipinski definition) is 0. The molecule has 0 aliphatic heterocycles. The quantitative estimate of drug-likeness (QED) is 0.552. The first-order valence-corrected chi connectivity index (χ1v) is 7.44. The molecule has 0 amide bonds. The highest BCUT2D eigenvalue weighted by Crippen LogP contribution is 2.52. The Hall–Kier alpha value is 0. The highest BCUT2D eigenvalue weighted by Gasteiger charge is 2.45. The van der Waals surface area contributed by atoms with Gasteiger partial charge in [0.25, 0.3) is 0 Å². The summed E-state index contributed by atoms with van der Waals surface area (Å²) in [6.45, 7) is 24.1. The zero-order valence-electron chi connectivity index (χ0n) is 14.0. The average molecular weight is 240 g/mol. The summed E-state index contributed by atoms with van der Waals surface area (Å²) in [5, 5.41) is 0. The molecule has 0 heteroatoms. The average Bonchev–Trinajstić information content (AvgIpc) is 2.11. The monoisotopic (exact) mass is 240 g/mol. The summed E-state index contributed by atoms with van der Waals surface area (Å²) in [7, 11) is 0. The molecule has 0 N–H and O–H groups in total. The smallest absolute Gasteiger partial charge is 0.0226 e. The molecule has 17 heavy (non-hydrogen) atoms. The summed E-state index contributed by atoms with van der Waals surface area (Å²) in [5.74, 6) is 3.11. The molecule has 0 heterocycles. The van der Waals surface area contributed by atoms with E-state index in [2.05, 4.69) is 69.2 Å². The van der Waals surface area contributed by atoms with Gasteiger partial charge >= 0.3 is 0 Å². The first kappa shape index (κ1) is 17.0. The van der Waals surface area contributed by atoms with Gasteiger partial charge in [-0.2, -0.15) is 0 Å². The van der Waals surface area contributed by atoms with Crippen molar-refractivity contribution in [2.45, 2.75) is 75.7 Å². The lowest BCUT2D eigenvalue weighted by Crippen LogP contribution is -2.45. The topological polar surface area (TPSA) is 0 Å². The van der Waals surface area contributed by atoms with E-state index in [4.69, 9.17) is 0 Å². The van der Waals surface area contributed by atoms with Crippen LogP contribution in [-0.2, 0) is 0 Å². The number of rotatable bonds is 5. The summed E-state index contributed by atoms with van der Waals surface area (Å²) in [6, 6.07) is 0. The molecule has 0 radical (unpaired) electrons. The van der Waals surface area contributed by atoms with Crippen molar-refractivity contribution in [2.24, 2.45) is 34.5 Å². The normalized spacial score (nSPS) is 20.5. The Balaban J connectivity index is 5.09. The van der Waals surface area contributed by atoms with Gasteiger partial charge in [-0.25, -0.2) is 0 Å². The van der Waals surface area contributed by atoms with E-state index in [0.717, 1.165) is 23.7 Å². The van der Waals surface area contributed by atoms with Crippen molar-refractivity contribution in [3.63, 3.8) is 0 Å². The van der Waals surface area contributed by atoms with Crippen molar-refractivity contribution >= 4 is 0 Å². The highest BCUT2D eigenvalue weighted by molar-refractivity contribution is 4.94. The lowest BCUT2D eigenvalue weighted by atomic mass is 9.53. The molecule has 0 spiro atoms. The van der Waals surface area contributed by atoms with Gasteiger partial charge in [0, 0.05) is 0 Å². The molecule has 0 saturated heterocycles. The van der Waals surface area contributed by atoms with E-state index in [1.54, 1.807) is 0 Å². The predicted molar refractivity (Wildman–Crippen MR) is 80.2 cm³/mol. The summed E-state index contributed by atoms with van der Waals surface area (Å²) in [6.07, 6.45) is 1.35. The first-order valence-electron chi connectivity index (χ1n) is 7.44. The fraction of sp³-hybridized carbons (Fsp3) is 1.00. The third-order valence-corrected chi connectivity index (χ3v) is 5.46. The molecule has 0 aromatic carbocycles. The van der Waals surface area contributed by atoms with Gasteiger partial charge in [-0.3, -0.25) is 0 Å². The van der Waals surface area contributed by atoms with Crippen molar-refractivity contribution in [2.75, 3.05) is 0 Å². The Morgan fingerprint density at radius 1 is 0.765 bits per heavy atom. The SMILES string of the molecule is CC(C)CC(C)C(C)C(C)(C(C)C)C(C)(C)C. The summed E-state index contributed by atoms with van der Waals surface area (Å²) in [4.78, 5) is 0. The van der Waals surface area contributed by atoms with Gasteiger partial charge in [0.05, 0.1) is 0 Å². The number of hydrogen-bond acceptors (Lipinski definition) is 0. The predicted octanol–water partition coefficient (Wildman–Crippen LogP) is 6.01. The van der Waals surface area contributed by atoms with Gasteiger partial charge in [0.1, 0.15) is 0 Å². The van der Waals surface area contributed by atoms with Crippen molar-refractivity contribution < 1.29 is 0 Å². The molecule has 0 bridgehead atoms. The Morgan fingerprint density at radius 2 is 1.18 bits per heavy atom. The molecule has 0 aliphatic carbocycles. The van der Waals surface area contributed by atoms with Crippen LogP contribution in [0.2, 0.25) is 0 Å². The van der Waals surface area contributed by atoms with Crippen molar-refractivity contribution in [3.05, 3.63) is 0 Å². The fourth-order valence-electron chi connectivity index (χ4n) is 3.61. The molecule has 0 saturated carbocycles. The van der Waals surface area contributed by atoms with Gasteiger partial charge in [-0.1, -0.05) is 69.2 Å². The maximum absolute atomic E-state index is 2.50. The van der Waals surface area contributed by atoms with Crippen LogP contribution in [0.4, 0.5) is 0 Å². The van der Waals surface area contributed by atoms with E-state index in [1.807, 2.05) is 0 Å². The summed E-state index contributed by atoms with van der Waals surface area (Å²) in [5.41, 5.74) is 0.771. The molecule has 104 valence electrons. The van der Waals surface area contributed by atoms with Crippen LogP contribution >= 0.6 is 0 Å². The Bertz CT molecular complexity index is 219. The van der Waals surface area contributed by atoms with Crippen LogP contribution in [0.1, 0.15) is 75.7 Å². The Kier molecular flexibility index (Phi) is 5.76. The molecule has 0 nitrogen and oxygen atoms in total. The van der Waals surface area contributed by atoms with Gasteiger partial charge in [-0.15, -0.1) is 0 Å². The molecule has 0 rings (SSSR count). The highest BCUT2D eigenvalue weighted by atomic mass is 14.5. The van der Waals surface area contributed by atoms with Crippen LogP contribution < -0.4 is 0 Å². The Morgan fingerprint density at radius 3 is 1.41 bits per heavy atom. The zero-order chi connectivity index (χ0) is 14.0. The van der Waals surface area contributed by atoms with Gasteiger partial charge in [-0.05, 0) is 40.9 Å². The molecule has 0 aromatic heterocycles. The summed E-state index contributed by atoms with van der Waals surface area (Å²) < 4.78 is 0. The van der Waals surface area contributed by atoms with E-state index in [0.29, 0.717) is 10.8 Å². The lowest BCUT2D eigenvalue weighted by Gasteiger charge is -2.52. The third-order valence-electron chi connectivity index (χ3n) is 5.46. The van der Waals surface area contributed by atoms with Crippen LogP contribution in [-0.4, -0.2) is 0 Å². The second kappa shape index (κ2) is 5.76. The van der Waals surface area contributed by atoms with Gasteiger partial charge in [0.2, 0.25) is 0 Å². The second-order valence-electron chi connectivity index (χ2n) is 8.08. The minimum Gasteiger partial charge on any atom is -0.0628 e. The first-order chi connectivity index (χ1) is 7.44. The van der Waals surface area contributed by atoms with Gasteiger partial charge < -0.3 is 0 Å². The van der Waals surface area contributed by atoms with Crippen molar-refractivity contribution in [1.29, 1.82) is 0 Å². The maximum Gasteiger partial charge on any atom is -0.0226 e.